The fourth-order valence-corrected chi connectivity index (χ4v) is 4.47. The molecule has 0 aliphatic carbocycles. The second-order valence-electron chi connectivity index (χ2n) is 6.83. The molecule has 5 nitrogen and oxygen atoms in total. The van der Waals surface area contributed by atoms with Crippen molar-refractivity contribution < 1.29 is 14.3 Å². The summed E-state index contributed by atoms with van der Waals surface area (Å²) in [7, 11) is 0. The number of ether oxygens (including phenoxy) is 1. The van der Waals surface area contributed by atoms with Gasteiger partial charge in [0.25, 0.3) is 5.91 Å². The predicted molar refractivity (Wildman–Crippen MR) is 132 cm³/mol. The predicted octanol–water partition coefficient (Wildman–Crippen LogP) is 6.14. The monoisotopic (exact) mass is 542 g/mol. The number of hydrogen-bond acceptors (Lipinski definition) is 5. The van der Waals surface area contributed by atoms with Crippen molar-refractivity contribution in [2.75, 3.05) is 5.32 Å². The molecule has 0 bridgehead atoms. The van der Waals surface area contributed by atoms with Crippen molar-refractivity contribution in [2.45, 2.75) is 19.4 Å². The van der Waals surface area contributed by atoms with Crippen molar-refractivity contribution in [1.82, 2.24) is 4.98 Å². The number of anilines is 1. The van der Waals surface area contributed by atoms with Crippen molar-refractivity contribution in [2.24, 2.45) is 0 Å². The summed E-state index contributed by atoms with van der Waals surface area (Å²) in [6.07, 6.45) is -0.527. The highest BCUT2D eigenvalue weighted by atomic mass is 127. The van der Waals surface area contributed by atoms with Crippen molar-refractivity contribution in [3.05, 3.63) is 81.9 Å². The number of carbonyl (C=O) groups excluding carboxylic acids is 2. The number of hydrogen-bond donors (Lipinski definition) is 1. The molecule has 3 aromatic carbocycles. The number of amides is 1. The fourth-order valence-electron chi connectivity index (χ4n) is 3.11. The van der Waals surface area contributed by atoms with E-state index in [-0.39, 0.29) is 5.91 Å². The van der Waals surface area contributed by atoms with Crippen LogP contribution < -0.4 is 5.32 Å². The number of para-hydroxylation sites is 1. The number of rotatable bonds is 6. The highest BCUT2D eigenvalue weighted by Crippen LogP contribution is 2.32. The number of carbonyl (C=O) groups is 2. The number of fused-ring (bicyclic) bond motifs is 1. The molecule has 7 heteroatoms. The minimum atomic E-state index is -0.893. The summed E-state index contributed by atoms with van der Waals surface area (Å²) in [5.41, 5.74) is 2.63. The standard InChI is InChI=1S/C24H19IN2O3S/c1-2-20(22(28)26-16-13-11-15(25)12-14-16)30-24(29)18-8-4-3-7-17(18)23-27-19-9-5-6-10-21(19)31-23/h3-14,20H,2H2,1H3,(H,26,28). The summed E-state index contributed by atoms with van der Waals surface area (Å²) in [5, 5.41) is 3.55. The Hall–Kier alpha value is -2.78. The lowest BCUT2D eigenvalue weighted by molar-refractivity contribution is -0.124. The first-order valence-corrected chi connectivity index (χ1v) is 11.7. The van der Waals surface area contributed by atoms with E-state index in [0.717, 1.165) is 18.8 Å². The number of aromatic nitrogens is 1. The third-order valence-corrected chi connectivity index (χ3v) is 6.48. The lowest BCUT2D eigenvalue weighted by atomic mass is 10.1. The zero-order valence-corrected chi connectivity index (χ0v) is 19.6. The molecule has 0 saturated carbocycles. The molecule has 0 aliphatic rings. The summed E-state index contributed by atoms with van der Waals surface area (Å²) in [5.74, 6) is -0.894. The molecule has 1 heterocycles. The van der Waals surface area contributed by atoms with Crippen LogP contribution in [0.3, 0.4) is 0 Å². The summed E-state index contributed by atoms with van der Waals surface area (Å²) in [4.78, 5) is 30.3. The van der Waals surface area contributed by atoms with Gasteiger partial charge in [0.1, 0.15) is 5.01 Å². The Labute approximate surface area is 197 Å². The maximum Gasteiger partial charge on any atom is 0.339 e. The van der Waals surface area contributed by atoms with E-state index in [2.05, 4.69) is 32.9 Å². The van der Waals surface area contributed by atoms with Crippen LogP contribution in [0.5, 0.6) is 0 Å². The Kier molecular flexibility index (Phi) is 6.62. The molecule has 31 heavy (non-hydrogen) atoms. The van der Waals surface area contributed by atoms with Crippen LogP contribution in [0.25, 0.3) is 20.8 Å². The van der Waals surface area contributed by atoms with Gasteiger partial charge in [-0.25, -0.2) is 9.78 Å². The van der Waals surface area contributed by atoms with Gasteiger partial charge in [0.05, 0.1) is 15.8 Å². The van der Waals surface area contributed by atoms with Gasteiger partial charge in [-0.1, -0.05) is 37.3 Å². The van der Waals surface area contributed by atoms with Crippen LogP contribution in [0.4, 0.5) is 5.69 Å². The topological polar surface area (TPSA) is 68.3 Å². The van der Waals surface area contributed by atoms with Crippen molar-refractivity contribution >= 4 is 61.7 Å². The number of benzene rings is 3. The molecule has 1 amide bonds. The van der Waals surface area contributed by atoms with Gasteiger partial charge >= 0.3 is 5.97 Å². The third-order valence-electron chi connectivity index (χ3n) is 4.70. The molecular weight excluding hydrogens is 523 g/mol. The fraction of sp³-hybridized carbons (Fsp3) is 0.125. The Morgan fingerprint density at radius 3 is 2.48 bits per heavy atom. The first kappa shape index (κ1) is 21.5. The first-order valence-electron chi connectivity index (χ1n) is 9.77. The molecule has 1 unspecified atom stereocenters. The van der Waals surface area contributed by atoms with Gasteiger partial charge in [-0.2, -0.15) is 0 Å². The van der Waals surface area contributed by atoms with Gasteiger partial charge in [-0.05, 0) is 71.5 Å². The number of nitrogens with zero attached hydrogens (tertiary/aromatic N) is 1. The molecule has 1 N–H and O–H groups in total. The van der Waals surface area contributed by atoms with Crippen molar-refractivity contribution in [3.8, 4) is 10.6 Å². The average molecular weight is 542 g/mol. The van der Waals surface area contributed by atoms with Crippen LogP contribution in [-0.4, -0.2) is 23.0 Å². The number of thiazole rings is 1. The molecule has 4 rings (SSSR count). The lowest BCUT2D eigenvalue weighted by Gasteiger charge is -2.17. The zero-order valence-electron chi connectivity index (χ0n) is 16.7. The maximum atomic E-state index is 13.0. The molecule has 0 saturated heterocycles. The second-order valence-corrected chi connectivity index (χ2v) is 9.11. The van der Waals surface area contributed by atoms with Crippen molar-refractivity contribution in [3.63, 3.8) is 0 Å². The van der Waals surface area contributed by atoms with Gasteiger partial charge in [-0.15, -0.1) is 11.3 Å². The molecule has 4 aromatic rings. The molecule has 1 atom stereocenters. The van der Waals surface area contributed by atoms with Gasteiger partial charge in [0.2, 0.25) is 0 Å². The van der Waals surface area contributed by atoms with Gasteiger partial charge in [0, 0.05) is 14.8 Å². The highest BCUT2D eigenvalue weighted by molar-refractivity contribution is 14.1. The zero-order chi connectivity index (χ0) is 21.8. The molecule has 0 spiro atoms. The van der Waals surface area contributed by atoms with Gasteiger partial charge in [0.15, 0.2) is 6.10 Å². The summed E-state index contributed by atoms with van der Waals surface area (Å²) in [6, 6.07) is 22.5. The molecule has 156 valence electrons. The van der Waals surface area contributed by atoms with E-state index in [9.17, 15) is 9.59 Å². The van der Waals surface area contributed by atoms with Gasteiger partial charge in [-0.3, -0.25) is 4.79 Å². The Bertz CT molecular complexity index is 1200. The average Bonchev–Trinajstić information content (AvgIpc) is 3.23. The van der Waals surface area contributed by atoms with Crippen molar-refractivity contribution in [1.29, 1.82) is 0 Å². The van der Waals surface area contributed by atoms with Gasteiger partial charge < -0.3 is 10.1 Å². The van der Waals surface area contributed by atoms with Crippen LogP contribution in [-0.2, 0) is 9.53 Å². The summed E-state index contributed by atoms with van der Waals surface area (Å²) in [6.45, 7) is 1.81. The summed E-state index contributed by atoms with van der Waals surface area (Å²) >= 11 is 3.72. The third kappa shape index (κ3) is 4.94. The maximum absolute atomic E-state index is 13.0. The van der Waals surface area contributed by atoms with E-state index in [0.29, 0.717) is 23.2 Å². The molecule has 1 aromatic heterocycles. The van der Waals surface area contributed by atoms with E-state index in [1.807, 2.05) is 67.6 Å². The van der Waals surface area contributed by atoms with Crippen LogP contribution in [0, 0.1) is 3.57 Å². The van der Waals surface area contributed by atoms with Crippen LogP contribution in [0.1, 0.15) is 23.7 Å². The smallest absolute Gasteiger partial charge is 0.339 e. The first-order chi connectivity index (χ1) is 15.0. The molecule has 0 fully saturated rings. The lowest BCUT2D eigenvalue weighted by Crippen LogP contribution is -2.32. The molecular formula is C24H19IN2O3S. The van der Waals surface area contributed by atoms with E-state index >= 15 is 0 Å². The quantitative estimate of drug-likeness (QED) is 0.235. The minimum absolute atomic E-state index is 0.352. The van der Waals surface area contributed by atoms with E-state index in [4.69, 9.17) is 4.74 Å². The van der Waals surface area contributed by atoms with E-state index in [1.54, 1.807) is 12.1 Å². The Balaban J connectivity index is 1.55. The highest BCUT2D eigenvalue weighted by Gasteiger charge is 2.24. The number of halogens is 1. The van der Waals surface area contributed by atoms with Crippen LogP contribution >= 0.6 is 33.9 Å². The summed E-state index contributed by atoms with van der Waals surface area (Å²) < 4.78 is 7.72. The molecule has 0 aliphatic heterocycles. The SMILES string of the molecule is CCC(OC(=O)c1ccccc1-c1nc2ccccc2s1)C(=O)Nc1ccc(I)cc1. The van der Waals surface area contributed by atoms with E-state index in [1.165, 1.54) is 11.3 Å². The minimum Gasteiger partial charge on any atom is -0.449 e. The molecule has 0 radical (unpaired) electrons. The Morgan fingerprint density at radius 2 is 1.74 bits per heavy atom. The second kappa shape index (κ2) is 9.57. The normalized spacial score (nSPS) is 11.8. The largest absolute Gasteiger partial charge is 0.449 e. The van der Waals surface area contributed by atoms with Crippen LogP contribution in [0.15, 0.2) is 72.8 Å². The van der Waals surface area contributed by atoms with Crippen LogP contribution in [0.2, 0.25) is 0 Å². The Morgan fingerprint density at radius 1 is 1.03 bits per heavy atom. The van der Waals surface area contributed by atoms with E-state index < -0.39 is 12.1 Å². The number of nitrogens with one attached hydrogen (secondary N) is 1. The number of esters is 1.